The standard InChI is InChI=1S/C15H14F3NOS/c16-15(17,18)21-13-7-5-11(6-8-13)9-19-10-12-3-1-2-4-14(12)20/h1-8,19-20H,9-10H2. The van der Waals surface area contributed by atoms with Crippen molar-refractivity contribution >= 4 is 11.8 Å². The molecule has 0 heterocycles. The SMILES string of the molecule is Oc1ccccc1CNCc1ccc(SC(F)(F)F)cc1. The number of thioether (sulfide) groups is 1. The number of phenols is 1. The number of halogens is 3. The molecule has 2 N–H and O–H groups in total. The van der Waals surface area contributed by atoms with Crippen LogP contribution in [-0.4, -0.2) is 10.6 Å². The maximum absolute atomic E-state index is 12.2. The Kier molecular flexibility index (Phi) is 5.14. The molecule has 0 unspecified atom stereocenters. The van der Waals surface area contributed by atoms with Crippen LogP contribution in [0.15, 0.2) is 53.4 Å². The Labute approximate surface area is 125 Å². The number of benzene rings is 2. The molecule has 0 bridgehead atoms. The van der Waals surface area contributed by atoms with Crippen LogP contribution in [0.3, 0.4) is 0 Å². The van der Waals surface area contributed by atoms with Gasteiger partial charge in [0.2, 0.25) is 0 Å². The van der Waals surface area contributed by atoms with Crippen LogP contribution in [0.1, 0.15) is 11.1 Å². The van der Waals surface area contributed by atoms with Gasteiger partial charge in [0.15, 0.2) is 0 Å². The van der Waals surface area contributed by atoms with Gasteiger partial charge in [0.1, 0.15) is 5.75 Å². The summed E-state index contributed by atoms with van der Waals surface area (Å²) in [4.78, 5) is 0.173. The molecule has 0 aromatic heterocycles. The van der Waals surface area contributed by atoms with E-state index >= 15 is 0 Å². The molecule has 2 aromatic rings. The minimum Gasteiger partial charge on any atom is -0.508 e. The molecule has 0 atom stereocenters. The lowest BCUT2D eigenvalue weighted by Crippen LogP contribution is -2.12. The Morgan fingerprint density at radius 3 is 2.24 bits per heavy atom. The molecule has 0 aliphatic rings. The molecule has 2 aromatic carbocycles. The minimum atomic E-state index is -4.26. The van der Waals surface area contributed by atoms with Crippen molar-refractivity contribution in [1.29, 1.82) is 0 Å². The number of hydrogen-bond acceptors (Lipinski definition) is 3. The molecular formula is C15H14F3NOS. The van der Waals surface area contributed by atoms with Crippen LogP contribution in [0.25, 0.3) is 0 Å². The molecule has 0 radical (unpaired) electrons. The van der Waals surface area contributed by atoms with Crippen molar-refractivity contribution in [2.75, 3.05) is 0 Å². The molecule has 0 saturated carbocycles. The van der Waals surface area contributed by atoms with Crippen LogP contribution in [0.4, 0.5) is 13.2 Å². The first-order valence-electron chi connectivity index (χ1n) is 6.26. The van der Waals surface area contributed by atoms with Gasteiger partial charge in [-0.05, 0) is 35.5 Å². The smallest absolute Gasteiger partial charge is 0.446 e. The van der Waals surface area contributed by atoms with Gasteiger partial charge in [0.25, 0.3) is 0 Å². The van der Waals surface area contributed by atoms with Crippen LogP contribution >= 0.6 is 11.8 Å². The molecule has 112 valence electrons. The Hall–Kier alpha value is -1.66. The summed E-state index contributed by atoms with van der Waals surface area (Å²) in [7, 11) is 0. The second-order valence-corrected chi connectivity index (χ2v) is 5.56. The summed E-state index contributed by atoms with van der Waals surface area (Å²) < 4.78 is 36.6. The largest absolute Gasteiger partial charge is 0.508 e. The Morgan fingerprint density at radius 1 is 0.952 bits per heavy atom. The Balaban J connectivity index is 1.85. The van der Waals surface area contributed by atoms with Gasteiger partial charge in [-0.3, -0.25) is 0 Å². The second-order valence-electron chi connectivity index (χ2n) is 4.42. The zero-order valence-corrected chi connectivity index (χ0v) is 11.8. The predicted octanol–water partition coefficient (Wildman–Crippen LogP) is 4.29. The fraction of sp³-hybridized carbons (Fsp3) is 0.200. The van der Waals surface area contributed by atoms with E-state index in [0.717, 1.165) is 11.1 Å². The number of phenolic OH excluding ortho intramolecular Hbond substituents is 1. The van der Waals surface area contributed by atoms with Gasteiger partial charge in [-0.25, -0.2) is 0 Å². The number of para-hydroxylation sites is 1. The highest BCUT2D eigenvalue weighted by atomic mass is 32.2. The van der Waals surface area contributed by atoms with E-state index in [2.05, 4.69) is 5.32 Å². The highest BCUT2D eigenvalue weighted by Gasteiger charge is 2.28. The number of aromatic hydroxyl groups is 1. The number of hydrogen-bond donors (Lipinski definition) is 2. The third-order valence-electron chi connectivity index (χ3n) is 2.79. The normalized spacial score (nSPS) is 11.6. The summed E-state index contributed by atoms with van der Waals surface area (Å²) in [5, 5.41) is 12.7. The summed E-state index contributed by atoms with van der Waals surface area (Å²) in [5.41, 5.74) is -2.59. The average Bonchev–Trinajstić information content (AvgIpc) is 2.41. The molecule has 0 aliphatic heterocycles. The molecule has 0 spiro atoms. The van der Waals surface area contributed by atoms with E-state index < -0.39 is 5.51 Å². The van der Waals surface area contributed by atoms with E-state index in [1.807, 2.05) is 12.1 Å². The van der Waals surface area contributed by atoms with E-state index in [4.69, 9.17) is 0 Å². The second kappa shape index (κ2) is 6.87. The lowest BCUT2D eigenvalue weighted by atomic mass is 10.2. The van der Waals surface area contributed by atoms with Crippen molar-refractivity contribution in [3.63, 3.8) is 0 Å². The van der Waals surface area contributed by atoms with Gasteiger partial charge < -0.3 is 10.4 Å². The van der Waals surface area contributed by atoms with Gasteiger partial charge in [0.05, 0.1) is 0 Å². The van der Waals surface area contributed by atoms with E-state index in [0.29, 0.717) is 13.1 Å². The quantitative estimate of drug-likeness (QED) is 0.808. The molecule has 2 rings (SSSR count). The lowest BCUT2D eigenvalue weighted by Gasteiger charge is -2.08. The summed E-state index contributed by atoms with van der Waals surface area (Å²) >= 11 is -0.121. The predicted molar refractivity (Wildman–Crippen MR) is 77.0 cm³/mol. The van der Waals surface area contributed by atoms with Crippen molar-refractivity contribution in [3.05, 3.63) is 59.7 Å². The molecule has 2 nitrogen and oxygen atoms in total. The van der Waals surface area contributed by atoms with Gasteiger partial charge >= 0.3 is 5.51 Å². The third kappa shape index (κ3) is 5.32. The van der Waals surface area contributed by atoms with Crippen molar-refractivity contribution in [2.24, 2.45) is 0 Å². The van der Waals surface area contributed by atoms with Gasteiger partial charge in [0, 0.05) is 23.5 Å². The van der Waals surface area contributed by atoms with Gasteiger partial charge in [-0.1, -0.05) is 30.3 Å². The fourth-order valence-corrected chi connectivity index (χ4v) is 2.35. The molecule has 0 amide bonds. The number of rotatable bonds is 5. The van der Waals surface area contributed by atoms with E-state index in [1.165, 1.54) is 12.1 Å². The van der Waals surface area contributed by atoms with Crippen molar-refractivity contribution in [3.8, 4) is 5.75 Å². The highest BCUT2D eigenvalue weighted by Crippen LogP contribution is 2.36. The van der Waals surface area contributed by atoms with Crippen molar-refractivity contribution in [1.82, 2.24) is 5.32 Å². The summed E-state index contributed by atoms with van der Waals surface area (Å²) in [6.07, 6.45) is 0. The summed E-state index contributed by atoms with van der Waals surface area (Å²) in [6, 6.07) is 13.2. The van der Waals surface area contributed by atoms with Crippen molar-refractivity contribution < 1.29 is 18.3 Å². The highest BCUT2D eigenvalue weighted by molar-refractivity contribution is 8.00. The fourth-order valence-electron chi connectivity index (χ4n) is 1.81. The molecular weight excluding hydrogens is 299 g/mol. The topological polar surface area (TPSA) is 32.3 Å². The van der Waals surface area contributed by atoms with Crippen LogP contribution in [0, 0.1) is 0 Å². The third-order valence-corrected chi connectivity index (χ3v) is 3.53. The first-order chi connectivity index (χ1) is 9.94. The van der Waals surface area contributed by atoms with Gasteiger partial charge in [-0.15, -0.1) is 0 Å². The first-order valence-corrected chi connectivity index (χ1v) is 7.08. The number of nitrogens with one attached hydrogen (secondary N) is 1. The van der Waals surface area contributed by atoms with E-state index in [9.17, 15) is 18.3 Å². The zero-order chi connectivity index (χ0) is 15.3. The van der Waals surface area contributed by atoms with Crippen LogP contribution in [0.5, 0.6) is 5.75 Å². The number of alkyl halides is 3. The van der Waals surface area contributed by atoms with Crippen LogP contribution in [0.2, 0.25) is 0 Å². The molecule has 6 heteroatoms. The van der Waals surface area contributed by atoms with E-state index in [1.54, 1.807) is 24.3 Å². The average molecular weight is 313 g/mol. The summed E-state index contributed by atoms with van der Waals surface area (Å²) in [5.74, 6) is 0.224. The lowest BCUT2D eigenvalue weighted by molar-refractivity contribution is -0.0328. The first kappa shape index (κ1) is 15.7. The maximum atomic E-state index is 12.2. The van der Waals surface area contributed by atoms with Crippen LogP contribution in [-0.2, 0) is 13.1 Å². The molecule has 21 heavy (non-hydrogen) atoms. The Bertz CT molecular complexity index is 584. The van der Waals surface area contributed by atoms with Gasteiger partial charge in [-0.2, -0.15) is 13.2 Å². The zero-order valence-electron chi connectivity index (χ0n) is 11.0. The monoisotopic (exact) mass is 313 g/mol. The summed E-state index contributed by atoms with van der Waals surface area (Å²) in [6.45, 7) is 1.01. The molecule has 0 aliphatic carbocycles. The minimum absolute atomic E-state index is 0.121. The van der Waals surface area contributed by atoms with E-state index in [-0.39, 0.29) is 22.4 Å². The Morgan fingerprint density at radius 2 is 1.62 bits per heavy atom. The molecule has 0 saturated heterocycles. The molecule has 0 fully saturated rings. The van der Waals surface area contributed by atoms with Crippen LogP contribution < -0.4 is 5.32 Å². The maximum Gasteiger partial charge on any atom is 0.446 e. The van der Waals surface area contributed by atoms with Crippen molar-refractivity contribution in [2.45, 2.75) is 23.5 Å².